The van der Waals surface area contributed by atoms with Gasteiger partial charge in [-0.3, -0.25) is 9.48 Å². The second-order valence-electron chi connectivity index (χ2n) is 4.88. The highest BCUT2D eigenvalue weighted by atomic mass is 16.5. The molecule has 1 aromatic carbocycles. The zero-order chi connectivity index (χ0) is 16.3. The highest BCUT2D eigenvalue weighted by Gasteiger charge is 2.19. The number of carbonyl (C=O) groups is 2. The van der Waals surface area contributed by atoms with Crippen molar-refractivity contribution in [2.24, 2.45) is 0 Å². The molecule has 1 aromatic heterocycles. The summed E-state index contributed by atoms with van der Waals surface area (Å²) in [4.78, 5) is 23.1. The summed E-state index contributed by atoms with van der Waals surface area (Å²) in [5, 5.41) is 15.6. The van der Waals surface area contributed by atoms with Gasteiger partial charge in [-0.2, -0.15) is 5.10 Å². The molecule has 0 fully saturated rings. The van der Waals surface area contributed by atoms with E-state index >= 15 is 0 Å². The Kier molecular flexibility index (Phi) is 4.45. The van der Waals surface area contributed by atoms with Crippen molar-refractivity contribution in [2.45, 2.75) is 19.9 Å². The number of rotatable bonds is 5. The Balaban J connectivity index is 2.17. The summed E-state index contributed by atoms with van der Waals surface area (Å²) >= 11 is 0. The highest BCUT2D eigenvalue weighted by molar-refractivity contribution is 5.95. The molecule has 1 heterocycles. The molecule has 1 amide bonds. The third kappa shape index (κ3) is 3.25. The van der Waals surface area contributed by atoms with Crippen LogP contribution in [0.3, 0.4) is 0 Å². The van der Waals surface area contributed by atoms with E-state index in [1.165, 1.54) is 24.2 Å². The Bertz CT molecular complexity index is 709. The predicted octanol–water partition coefficient (Wildman–Crippen LogP) is 2.10. The quantitative estimate of drug-likeness (QED) is 0.882. The van der Waals surface area contributed by atoms with E-state index in [1.807, 2.05) is 13.0 Å². The minimum absolute atomic E-state index is 0.0350. The van der Waals surface area contributed by atoms with Crippen LogP contribution in [0.15, 0.2) is 30.6 Å². The molecule has 22 heavy (non-hydrogen) atoms. The molecule has 0 aliphatic carbocycles. The van der Waals surface area contributed by atoms with Gasteiger partial charge in [0.15, 0.2) is 0 Å². The second-order valence-corrected chi connectivity index (χ2v) is 4.88. The molecule has 2 aromatic rings. The van der Waals surface area contributed by atoms with Crippen molar-refractivity contribution < 1.29 is 19.4 Å². The number of hydrogen-bond acceptors (Lipinski definition) is 4. The van der Waals surface area contributed by atoms with Crippen LogP contribution in [0.5, 0.6) is 5.75 Å². The largest absolute Gasteiger partial charge is 0.495 e. The lowest BCUT2D eigenvalue weighted by atomic mass is 10.2. The number of aryl methyl sites for hydroxylation is 1. The van der Waals surface area contributed by atoms with E-state index in [9.17, 15) is 9.59 Å². The molecule has 0 saturated carbocycles. The number of methoxy groups -OCH3 is 1. The number of ether oxygens (including phenoxy) is 1. The lowest BCUT2D eigenvalue weighted by Gasteiger charge is -2.15. The maximum atomic E-state index is 12.3. The number of carboxylic acid groups (broad SMARTS) is 1. The van der Waals surface area contributed by atoms with Gasteiger partial charge in [-0.15, -0.1) is 0 Å². The number of nitrogens with zero attached hydrogens (tertiary/aromatic N) is 2. The smallest absolute Gasteiger partial charge is 0.338 e. The normalized spacial score (nSPS) is 11.8. The van der Waals surface area contributed by atoms with Crippen molar-refractivity contribution >= 4 is 17.6 Å². The van der Waals surface area contributed by atoms with Crippen LogP contribution in [-0.4, -0.2) is 33.9 Å². The van der Waals surface area contributed by atoms with Crippen molar-refractivity contribution in [3.63, 3.8) is 0 Å². The van der Waals surface area contributed by atoms with Crippen molar-refractivity contribution in [3.05, 3.63) is 41.7 Å². The molecule has 0 radical (unpaired) electrons. The van der Waals surface area contributed by atoms with Gasteiger partial charge in [-0.05, 0) is 31.5 Å². The molecule has 1 atom stereocenters. The Morgan fingerprint density at radius 1 is 1.41 bits per heavy atom. The Hall–Kier alpha value is -2.83. The fraction of sp³-hybridized carbons (Fsp3) is 0.267. The van der Waals surface area contributed by atoms with Crippen molar-refractivity contribution in [1.29, 1.82) is 0 Å². The van der Waals surface area contributed by atoms with Gasteiger partial charge in [0.25, 0.3) is 0 Å². The monoisotopic (exact) mass is 303 g/mol. The van der Waals surface area contributed by atoms with Gasteiger partial charge in [0.1, 0.15) is 11.8 Å². The van der Waals surface area contributed by atoms with E-state index in [-0.39, 0.29) is 11.5 Å². The van der Waals surface area contributed by atoms with Gasteiger partial charge in [-0.25, -0.2) is 4.79 Å². The molecule has 0 spiro atoms. The van der Waals surface area contributed by atoms with E-state index in [1.54, 1.807) is 19.1 Å². The van der Waals surface area contributed by atoms with E-state index in [4.69, 9.17) is 9.84 Å². The molecule has 2 N–H and O–H groups in total. The molecule has 0 aliphatic rings. The summed E-state index contributed by atoms with van der Waals surface area (Å²) in [6, 6.07) is 4.80. The summed E-state index contributed by atoms with van der Waals surface area (Å²) in [6.45, 7) is 3.54. The van der Waals surface area contributed by atoms with Gasteiger partial charge in [0.05, 0.1) is 24.6 Å². The SMILES string of the molecule is COc1ccc(C)cc1NC(=O)C(C)n1cc(C(=O)O)cn1. The number of amides is 1. The number of benzene rings is 1. The Labute approximate surface area is 127 Å². The van der Waals surface area contributed by atoms with Crippen LogP contribution in [0.2, 0.25) is 0 Å². The number of aromatic carboxylic acids is 1. The Morgan fingerprint density at radius 3 is 2.73 bits per heavy atom. The molecule has 2 rings (SSSR count). The number of nitrogens with one attached hydrogen (secondary N) is 1. The lowest BCUT2D eigenvalue weighted by molar-refractivity contribution is -0.119. The second kappa shape index (κ2) is 6.30. The summed E-state index contributed by atoms with van der Waals surface area (Å²) < 4.78 is 6.51. The van der Waals surface area contributed by atoms with E-state index in [2.05, 4.69) is 10.4 Å². The molecule has 116 valence electrons. The maximum absolute atomic E-state index is 12.3. The number of carboxylic acids is 1. The number of hydrogen-bond donors (Lipinski definition) is 2. The topological polar surface area (TPSA) is 93.5 Å². The van der Waals surface area contributed by atoms with Crippen molar-refractivity contribution in [1.82, 2.24) is 9.78 Å². The first kappa shape index (κ1) is 15.6. The summed E-state index contributed by atoms with van der Waals surface area (Å²) in [5.41, 5.74) is 1.58. The first-order valence-corrected chi connectivity index (χ1v) is 6.65. The van der Waals surface area contributed by atoms with E-state index < -0.39 is 12.0 Å². The minimum Gasteiger partial charge on any atom is -0.495 e. The molecule has 7 heteroatoms. The molecule has 0 bridgehead atoms. The molecule has 1 unspecified atom stereocenters. The fourth-order valence-electron chi connectivity index (χ4n) is 1.94. The summed E-state index contributed by atoms with van der Waals surface area (Å²) in [5.74, 6) is -0.846. The van der Waals surface area contributed by atoms with Crippen molar-refractivity contribution in [2.75, 3.05) is 12.4 Å². The van der Waals surface area contributed by atoms with Crippen molar-refractivity contribution in [3.8, 4) is 5.75 Å². The van der Waals surface area contributed by atoms with Gasteiger partial charge in [-0.1, -0.05) is 6.07 Å². The molecule has 0 aliphatic heterocycles. The van der Waals surface area contributed by atoms with Crippen LogP contribution in [-0.2, 0) is 4.79 Å². The third-order valence-electron chi connectivity index (χ3n) is 3.24. The average molecular weight is 303 g/mol. The van der Waals surface area contributed by atoms with Crippen LogP contribution in [0.4, 0.5) is 5.69 Å². The van der Waals surface area contributed by atoms with Gasteiger partial charge >= 0.3 is 5.97 Å². The van der Waals surface area contributed by atoms with E-state index in [0.717, 1.165) is 5.56 Å². The molecular weight excluding hydrogens is 286 g/mol. The summed E-state index contributed by atoms with van der Waals surface area (Å²) in [6.07, 6.45) is 2.53. The standard InChI is InChI=1S/C15H17N3O4/c1-9-4-5-13(22-3)12(6-9)17-14(19)10(2)18-8-11(7-16-18)15(20)21/h4-8,10H,1-3H3,(H,17,19)(H,20,21). The first-order valence-electron chi connectivity index (χ1n) is 6.65. The maximum Gasteiger partial charge on any atom is 0.338 e. The van der Waals surface area contributed by atoms with E-state index in [0.29, 0.717) is 11.4 Å². The highest BCUT2D eigenvalue weighted by Crippen LogP contribution is 2.26. The lowest BCUT2D eigenvalue weighted by Crippen LogP contribution is -2.24. The van der Waals surface area contributed by atoms with Crippen LogP contribution in [0, 0.1) is 6.92 Å². The van der Waals surface area contributed by atoms with Gasteiger partial charge in [0, 0.05) is 6.20 Å². The predicted molar refractivity (Wildman–Crippen MR) is 80.3 cm³/mol. The molecular formula is C15H17N3O4. The average Bonchev–Trinajstić information content (AvgIpc) is 2.96. The van der Waals surface area contributed by atoms with Crippen LogP contribution in [0.1, 0.15) is 28.9 Å². The third-order valence-corrected chi connectivity index (χ3v) is 3.24. The van der Waals surface area contributed by atoms with Gasteiger partial charge < -0.3 is 15.2 Å². The number of anilines is 1. The van der Waals surface area contributed by atoms with Crippen LogP contribution < -0.4 is 10.1 Å². The van der Waals surface area contributed by atoms with Crippen LogP contribution >= 0.6 is 0 Å². The molecule has 7 nitrogen and oxygen atoms in total. The zero-order valence-electron chi connectivity index (χ0n) is 12.5. The summed E-state index contributed by atoms with van der Waals surface area (Å²) in [7, 11) is 1.52. The first-order chi connectivity index (χ1) is 10.4. The number of carbonyl (C=O) groups excluding carboxylic acids is 1. The van der Waals surface area contributed by atoms with Crippen LogP contribution in [0.25, 0.3) is 0 Å². The fourth-order valence-corrected chi connectivity index (χ4v) is 1.94. The molecule has 0 saturated heterocycles. The zero-order valence-corrected chi connectivity index (χ0v) is 12.5. The van der Waals surface area contributed by atoms with Gasteiger partial charge in [0.2, 0.25) is 5.91 Å². The minimum atomic E-state index is -1.08. The Morgan fingerprint density at radius 2 is 2.14 bits per heavy atom. The number of aromatic nitrogens is 2.